The molecule has 1 aliphatic heterocycles. The third-order valence-corrected chi connectivity index (χ3v) is 6.34. The third kappa shape index (κ3) is 1.94. The van der Waals surface area contributed by atoms with Crippen LogP contribution in [0.15, 0.2) is 47.6 Å². The molecule has 2 bridgehead atoms. The molecule has 4 heteroatoms. The summed E-state index contributed by atoms with van der Waals surface area (Å²) in [6, 6.07) is 7.22. The van der Waals surface area contributed by atoms with Gasteiger partial charge < -0.3 is 4.74 Å². The van der Waals surface area contributed by atoms with Crippen molar-refractivity contribution in [2.45, 2.75) is 25.7 Å². The summed E-state index contributed by atoms with van der Waals surface area (Å²) in [6.45, 7) is 0. The fraction of sp³-hybridized carbons (Fsp3) is 0.429. The Kier molecular flexibility index (Phi) is 3.18. The van der Waals surface area contributed by atoms with Gasteiger partial charge in [0.05, 0.1) is 24.6 Å². The lowest BCUT2D eigenvalue weighted by Crippen LogP contribution is -2.33. The van der Waals surface area contributed by atoms with E-state index in [-0.39, 0.29) is 35.5 Å². The van der Waals surface area contributed by atoms with Gasteiger partial charge in [-0.15, -0.1) is 0 Å². The van der Waals surface area contributed by atoms with Crippen LogP contribution in [0.5, 0.6) is 5.75 Å². The molecule has 4 nitrogen and oxygen atoms in total. The maximum Gasteiger partial charge on any atom is 0.238 e. The Hall–Kier alpha value is -2.36. The Morgan fingerprint density at radius 1 is 1.00 bits per heavy atom. The van der Waals surface area contributed by atoms with Crippen molar-refractivity contribution in [2.75, 3.05) is 12.0 Å². The maximum atomic E-state index is 13.2. The first-order valence-electron chi connectivity index (χ1n) is 9.12. The Balaban J connectivity index is 1.54. The number of imide groups is 1. The maximum absolute atomic E-state index is 13.2. The van der Waals surface area contributed by atoms with Gasteiger partial charge in [0, 0.05) is 17.9 Å². The SMILES string of the molecule is COc1cccc(N2C(=O)[C@@H]3[C@@H](C2=O)[C@@H]2C=C[C@@H]3C2=C2CCCC2)c1. The van der Waals surface area contributed by atoms with Crippen LogP contribution in [0, 0.1) is 23.7 Å². The quantitative estimate of drug-likeness (QED) is 0.614. The first kappa shape index (κ1) is 14.9. The molecule has 0 aromatic heterocycles. The Morgan fingerprint density at radius 3 is 2.24 bits per heavy atom. The molecule has 3 fully saturated rings. The molecule has 1 aromatic carbocycles. The minimum Gasteiger partial charge on any atom is -0.497 e. The van der Waals surface area contributed by atoms with Crippen LogP contribution in [0.3, 0.4) is 0 Å². The van der Waals surface area contributed by atoms with Gasteiger partial charge in [0.2, 0.25) is 11.8 Å². The number of rotatable bonds is 2. The number of hydrogen-bond donors (Lipinski definition) is 0. The number of hydrogen-bond acceptors (Lipinski definition) is 3. The number of ether oxygens (including phenoxy) is 1. The summed E-state index contributed by atoms with van der Waals surface area (Å²) < 4.78 is 5.25. The topological polar surface area (TPSA) is 46.6 Å². The highest BCUT2D eigenvalue weighted by atomic mass is 16.5. The van der Waals surface area contributed by atoms with E-state index in [2.05, 4.69) is 12.2 Å². The van der Waals surface area contributed by atoms with Gasteiger partial charge in [0.15, 0.2) is 0 Å². The molecule has 4 aliphatic rings. The summed E-state index contributed by atoms with van der Waals surface area (Å²) in [5, 5.41) is 0. The summed E-state index contributed by atoms with van der Waals surface area (Å²) in [6.07, 6.45) is 9.12. The second-order valence-corrected chi connectivity index (χ2v) is 7.47. The van der Waals surface area contributed by atoms with E-state index in [0.717, 1.165) is 12.8 Å². The average Bonchev–Trinajstić information content (AvgIpc) is 3.38. The first-order chi connectivity index (χ1) is 12.2. The zero-order chi connectivity index (χ0) is 17.1. The number of nitrogens with zero attached hydrogens (tertiary/aromatic N) is 1. The van der Waals surface area contributed by atoms with Gasteiger partial charge in [-0.3, -0.25) is 9.59 Å². The number of amides is 2. The van der Waals surface area contributed by atoms with Crippen LogP contribution in [-0.4, -0.2) is 18.9 Å². The van der Waals surface area contributed by atoms with Gasteiger partial charge >= 0.3 is 0 Å². The van der Waals surface area contributed by atoms with Crippen LogP contribution in [0.4, 0.5) is 5.69 Å². The average molecular weight is 335 g/mol. The molecule has 0 unspecified atom stereocenters. The van der Waals surface area contributed by atoms with Gasteiger partial charge in [0.25, 0.3) is 0 Å². The Morgan fingerprint density at radius 2 is 1.64 bits per heavy atom. The molecule has 4 atom stereocenters. The lowest BCUT2D eigenvalue weighted by molar-refractivity contribution is -0.122. The van der Waals surface area contributed by atoms with Crippen molar-refractivity contribution in [1.29, 1.82) is 0 Å². The monoisotopic (exact) mass is 335 g/mol. The van der Waals surface area contributed by atoms with E-state index in [9.17, 15) is 9.59 Å². The van der Waals surface area contributed by atoms with Gasteiger partial charge in [-0.05, 0) is 37.8 Å². The minimum absolute atomic E-state index is 0.0452. The molecular formula is C21H21NO3. The van der Waals surface area contributed by atoms with Crippen molar-refractivity contribution in [2.24, 2.45) is 23.7 Å². The van der Waals surface area contributed by atoms with Crippen molar-refractivity contribution < 1.29 is 14.3 Å². The van der Waals surface area contributed by atoms with Crippen molar-refractivity contribution in [3.8, 4) is 5.75 Å². The lowest BCUT2D eigenvalue weighted by atomic mass is 9.85. The van der Waals surface area contributed by atoms with Crippen LogP contribution in [0.1, 0.15) is 25.7 Å². The predicted octanol–water partition coefficient (Wildman–Crippen LogP) is 3.49. The van der Waals surface area contributed by atoms with Crippen molar-refractivity contribution in [1.82, 2.24) is 0 Å². The van der Waals surface area contributed by atoms with E-state index < -0.39 is 0 Å². The molecule has 128 valence electrons. The molecule has 0 N–H and O–H groups in total. The van der Waals surface area contributed by atoms with Gasteiger partial charge in [-0.2, -0.15) is 0 Å². The van der Waals surface area contributed by atoms with Crippen LogP contribution in [-0.2, 0) is 9.59 Å². The normalized spacial score (nSPS) is 32.9. The number of benzene rings is 1. The molecule has 2 amide bonds. The number of fused-ring (bicyclic) bond motifs is 5. The van der Waals surface area contributed by atoms with Gasteiger partial charge in [0.1, 0.15) is 5.75 Å². The van der Waals surface area contributed by atoms with Crippen molar-refractivity contribution >= 4 is 17.5 Å². The molecule has 25 heavy (non-hydrogen) atoms. The molecule has 0 radical (unpaired) electrons. The smallest absolute Gasteiger partial charge is 0.238 e. The van der Waals surface area contributed by atoms with Crippen molar-refractivity contribution in [3.05, 3.63) is 47.6 Å². The largest absolute Gasteiger partial charge is 0.497 e. The zero-order valence-corrected chi connectivity index (χ0v) is 14.3. The highest BCUT2D eigenvalue weighted by Gasteiger charge is 2.62. The Bertz CT molecular complexity index is 795. The summed E-state index contributed by atoms with van der Waals surface area (Å²) in [4.78, 5) is 27.7. The van der Waals surface area contributed by atoms with E-state index in [1.807, 2.05) is 18.2 Å². The molecule has 1 heterocycles. The van der Waals surface area contributed by atoms with E-state index in [0.29, 0.717) is 11.4 Å². The molecule has 0 spiro atoms. The fourth-order valence-electron chi connectivity index (χ4n) is 5.33. The number of carbonyl (C=O) groups excluding carboxylic acids is 2. The highest BCUT2D eigenvalue weighted by Crippen LogP contribution is 2.58. The first-order valence-corrected chi connectivity index (χ1v) is 9.12. The number of carbonyl (C=O) groups is 2. The van der Waals surface area contributed by atoms with E-state index in [1.54, 1.807) is 13.2 Å². The lowest BCUT2D eigenvalue weighted by Gasteiger charge is -2.20. The molecule has 1 aromatic rings. The number of methoxy groups -OCH3 is 1. The summed E-state index contributed by atoms with van der Waals surface area (Å²) >= 11 is 0. The zero-order valence-electron chi connectivity index (χ0n) is 14.3. The van der Waals surface area contributed by atoms with Crippen LogP contribution < -0.4 is 9.64 Å². The summed E-state index contributed by atoms with van der Waals surface area (Å²) in [5.74, 6) is 0.413. The van der Waals surface area contributed by atoms with Crippen LogP contribution in [0.2, 0.25) is 0 Å². The number of anilines is 1. The minimum atomic E-state index is -0.211. The number of allylic oxidation sites excluding steroid dienone is 4. The standard InChI is InChI=1S/C21H21NO3/c1-25-14-8-4-7-13(11-14)22-20(23)18-15-9-10-16(19(18)21(22)24)17(15)12-5-2-3-6-12/h4,7-11,15-16,18-19H,2-3,5-6H2,1H3/t15-,16-,18+,19+/m1/s1. The molecule has 2 saturated carbocycles. The van der Waals surface area contributed by atoms with Crippen molar-refractivity contribution in [3.63, 3.8) is 0 Å². The Labute approximate surface area is 147 Å². The van der Waals surface area contributed by atoms with Gasteiger partial charge in [-0.25, -0.2) is 4.90 Å². The third-order valence-electron chi connectivity index (χ3n) is 6.34. The van der Waals surface area contributed by atoms with Crippen LogP contribution >= 0.6 is 0 Å². The molecule has 1 saturated heterocycles. The fourth-order valence-corrected chi connectivity index (χ4v) is 5.33. The van der Waals surface area contributed by atoms with Gasteiger partial charge in [-0.1, -0.05) is 29.4 Å². The second-order valence-electron chi connectivity index (χ2n) is 7.47. The second kappa shape index (κ2) is 5.32. The van der Waals surface area contributed by atoms with E-state index in [1.165, 1.54) is 28.9 Å². The predicted molar refractivity (Wildman–Crippen MR) is 94.1 cm³/mol. The van der Waals surface area contributed by atoms with E-state index in [4.69, 9.17) is 4.74 Å². The molecule has 3 aliphatic carbocycles. The van der Waals surface area contributed by atoms with Crippen LogP contribution in [0.25, 0.3) is 0 Å². The molecular weight excluding hydrogens is 314 g/mol. The highest BCUT2D eigenvalue weighted by molar-refractivity contribution is 6.23. The summed E-state index contributed by atoms with van der Waals surface area (Å²) in [5.41, 5.74) is 3.54. The van der Waals surface area contributed by atoms with E-state index >= 15 is 0 Å². The summed E-state index contributed by atoms with van der Waals surface area (Å²) in [7, 11) is 1.59. The molecule has 5 rings (SSSR count).